The lowest BCUT2D eigenvalue weighted by molar-refractivity contribution is -0.128. The van der Waals surface area contributed by atoms with Gasteiger partial charge in [0, 0.05) is 19.6 Å². The lowest BCUT2D eigenvalue weighted by atomic mass is 9.87. The quantitative estimate of drug-likeness (QED) is 0.264. The Balaban J connectivity index is 1.37. The number of fused-ring (bicyclic) bond motifs is 1. The number of nitrogens with one attached hydrogen (secondary N) is 1. The van der Waals surface area contributed by atoms with Crippen LogP contribution in [0.1, 0.15) is 52.8 Å². The first kappa shape index (κ1) is 26.6. The molecule has 1 heterocycles. The molecule has 4 aromatic carbocycles. The molecule has 0 saturated carbocycles. The van der Waals surface area contributed by atoms with Gasteiger partial charge in [-0.05, 0) is 71.8 Å². The summed E-state index contributed by atoms with van der Waals surface area (Å²) < 4.78 is 19.5. The van der Waals surface area contributed by atoms with E-state index >= 15 is 0 Å². The second-order valence-electron chi connectivity index (χ2n) is 10.2. The molecular formula is C34H35FN2O2. The van der Waals surface area contributed by atoms with Crippen LogP contribution in [0.5, 0.6) is 5.75 Å². The second-order valence-corrected chi connectivity index (χ2v) is 10.2. The Morgan fingerprint density at radius 3 is 2.51 bits per heavy atom. The summed E-state index contributed by atoms with van der Waals surface area (Å²) in [6.45, 7) is 6.22. The van der Waals surface area contributed by atoms with Crippen molar-refractivity contribution in [1.82, 2.24) is 10.2 Å². The van der Waals surface area contributed by atoms with E-state index in [9.17, 15) is 9.18 Å². The third-order valence-corrected chi connectivity index (χ3v) is 7.35. The van der Waals surface area contributed by atoms with Gasteiger partial charge in [-0.15, -0.1) is 0 Å². The van der Waals surface area contributed by atoms with Crippen LogP contribution in [0.4, 0.5) is 4.39 Å². The summed E-state index contributed by atoms with van der Waals surface area (Å²) in [6.07, 6.45) is 0.874. The van der Waals surface area contributed by atoms with E-state index in [1.54, 1.807) is 12.1 Å². The van der Waals surface area contributed by atoms with Crippen LogP contribution in [-0.4, -0.2) is 23.5 Å². The van der Waals surface area contributed by atoms with Gasteiger partial charge < -0.3 is 10.1 Å². The summed E-state index contributed by atoms with van der Waals surface area (Å²) in [4.78, 5) is 15.5. The maximum atomic E-state index is 13.2. The van der Waals surface area contributed by atoms with Crippen LogP contribution in [-0.2, 0) is 24.3 Å². The molecular weight excluding hydrogens is 487 g/mol. The van der Waals surface area contributed by atoms with Crippen LogP contribution in [0.25, 0.3) is 0 Å². The fraction of sp³-hybridized carbons (Fsp3) is 0.265. The van der Waals surface area contributed by atoms with E-state index in [-0.39, 0.29) is 17.8 Å². The number of aryl methyl sites for hydroxylation is 1. The maximum Gasteiger partial charge on any atom is 0.261 e. The summed E-state index contributed by atoms with van der Waals surface area (Å²) in [5.41, 5.74) is 7.18. The molecule has 1 N–H and O–H groups in total. The first-order valence-corrected chi connectivity index (χ1v) is 13.7. The number of benzene rings is 4. The molecule has 5 heteroatoms. The highest BCUT2D eigenvalue weighted by Gasteiger charge is 2.30. The van der Waals surface area contributed by atoms with Crippen molar-refractivity contribution in [3.63, 3.8) is 0 Å². The fourth-order valence-electron chi connectivity index (χ4n) is 5.35. The normalized spacial score (nSPS) is 15.8. The van der Waals surface area contributed by atoms with Gasteiger partial charge in [0.15, 0.2) is 6.10 Å². The molecule has 0 radical (unpaired) electrons. The van der Waals surface area contributed by atoms with Gasteiger partial charge in [0.1, 0.15) is 11.6 Å². The highest BCUT2D eigenvalue weighted by molar-refractivity contribution is 5.81. The average molecular weight is 523 g/mol. The van der Waals surface area contributed by atoms with Gasteiger partial charge in [-0.25, -0.2) is 4.39 Å². The van der Waals surface area contributed by atoms with Crippen LogP contribution in [0.2, 0.25) is 0 Å². The maximum absolute atomic E-state index is 13.2. The lowest BCUT2D eigenvalue weighted by Crippen LogP contribution is -2.38. The number of rotatable bonds is 9. The number of hydrogen-bond donors (Lipinski definition) is 1. The molecule has 0 fully saturated rings. The zero-order chi connectivity index (χ0) is 27.2. The lowest BCUT2D eigenvalue weighted by Gasteiger charge is -2.38. The Bertz CT molecular complexity index is 1400. The van der Waals surface area contributed by atoms with E-state index in [1.165, 1.54) is 39.9 Å². The first-order valence-electron chi connectivity index (χ1n) is 13.7. The molecule has 0 unspecified atom stereocenters. The zero-order valence-electron chi connectivity index (χ0n) is 22.6. The molecule has 4 aromatic rings. The van der Waals surface area contributed by atoms with Crippen molar-refractivity contribution in [2.45, 2.75) is 51.9 Å². The largest absolute Gasteiger partial charge is 0.481 e. The van der Waals surface area contributed by atoms with E-state index < -0.39 is 6.10 Å². The predicted octanol–water partition coefficient (Wildman–Crippen LogP) is 6.76. The number of ether oxygens (including phenoxy) is 1. The minimum atomic E-state index is -0.620. The van der Waals surface area contributed by atoms with E-state index in [0.29, 0.717) is 18.7 Å². The highest BCUT2D eigenvalue weighted by Crippen LogP contribution is 2.38. The SMILES string of the molecule is CC[C@@H](Oc1ccc2c(c1)[C@H](c1ccccc1)N(Cc1cccc(C)c1)CC2)C(=O)NCc1ccc(F)cc1. The molecule has 0 aromatic heterocycles. The molecule has 4 nitrogen and oxygen atoms in total. The third kappa shape index (κ3) is 6.55. The number of carbonyl (C=O) groups excluding carboxylic acids is 1. The molecule has 0 aliphatic carbocycles. The Labute approximate surface area is 230 Å². The Kier molecular flexibility index (Phi) is 8.38. The van der Waals surface area contributed by atoms with E-state index in [0.717, 1.165) is 25.1 Å². The van der Waals surface area contributed by atoms with Crippen molar-refractivity contribution >= 4 is 5.91 Å². The van der Waals surface area contributed by atoms with E-state index in [4.69, 9.17) is 4.74 Å². The van der Waals surface area contributed by atoms with Crippen molar-refractivity contribution in [2.24, 2.45) is 0 Å². The second kappa shape index (κ2) is 12.3. The number of nitrogens with zero attached hydrogens (tertiary/aromatic N) is 1. The summed E-state index contributed by atoms with van der Waals surface area (Å²) in [7, 11) is 0. The Hall–Kier alpha value is -3.96. The Morgan fingerprint density at radius 1 is 0.974 bits per heavy atom. The Morgan fingerprint density at radius 2 is 1.77 bits per heavy atom. The van der Waals surface area contributed by atoms with Crippen LogP contribution in [0.15, 0.2) is 97.1 Å². The summed E-state index contributed by atoms with van der Waals surface area (Å²) in [6, 6.07) is 31.8. The molecule has 0 saturated heterocycles. The zero-order valence-corrected chi connectivity index (χ0v) is 22.6. The minimum Gasteiger partial charge on any atom is -0.481 e. The minimum absolute atomic E-state index is 0.0893. The smallest absolute Gasteiger partial charge is 0.261 e. The van der Waals surface area contributed by atoms with Gasteiger partial charge in [-0.1, -0.05) is 85.3 Å². The van der Waals surface area contributed by atoms with Crippen LogP contribution in [0.3, 0.4) is 0 Å². The van der Waals surface area contributed by atoms with Gasteiger partial charge in [0.2, 0.25) is 0 Å². The summed E-state index contributed by atoms with van der Waals surface area (Å²) in [5.74, 6) is 0.217. The topological polar surface area (TPSA) is 41.6 Å². The molecule has 5 rings (SSSR count). The van der Waals surface area contributed by atoms with Gasteiger partial charge in [-0.2, -0.15) is 0 Å². The van der Waals surface area contributed by atoms with Crippen LogP contribution < -0.4 is 10.1 Å². The standard InChI is InChI=1S/C34H35FN2O2/c1-3-32(34(38)36-22-25-12-15-29(35)16-13-25)39-30-17-14-27-18-19-37(23-26-9-7-8-24(2)20-26)33(31(27)21-30)28-10-5-4-6-11-28/h4-17,20-21,32-33H,3,18-19,22-23H2,1-2H3,(H,36,38)/t32-,33+/m1/s1. The first-order chi connectivity index (χ1) is 19.0. The predicted molar refractivity (Wildman–Crippen MR) is 153 cm³/mol. The van der Waals surface area contributed by atoms with Gasteiger partial charge in [0.05, 0.1) is 6.04 Å². The summed E-state index contributed by atoms with van der Waals surface area (Å²) in [5, 5.41) is 2.93. The molecule has 200 valence electrons. The molecule has 1 aliphatic heterocycles. The molecule has 1 amide bonds. The van der Waals surface area contributed by atoms with Crippen molar-refractivity contribution in [3.05, 3.63) is 136 Å². The molecule has 1 aliphatic rings. The van der Waals surface area contributed by atoms with Gasteiger partial charge in [0.25, 0.3) is 5.91 Å². The molecule has 39 heavy (non-hydrogen) atoms. The number of halogens is 1. The summed E-state index contributed by atoms with van der Waals surface area (Å²) >= 11 is 0. The molecule has 2 atom stereocenters. The van der Waals surface area contributed by atoms with Gasteiger partial charge >= 0.3 is 0 Å². The number of amides is 1. The number of carbonyl (C=O) groups is 1. The fourth-order valence-corrected chi connectivity index (χ4v) is 5.35. The third-order valence-electron chi connectivity index (χ3n) is 7.35. The average Bonchev–Trinajstić information content (AvgIpc) is 2.95. The van der Waals surface area contributed by atoms with Crippen molar-refractivity contribution in [2.75, 3.05) is 6.54 Å². The molecule has 0 spiro atoms. The number of hydrogen-bond acceptors (Lipinski definition) is 3. The van der Waals surface area contributed by atoms with E-state index in [1.807, 2.05) is 19.1 Å². The van der Waals surface area contributed by atoms with Crippen molar-refractivity contribution in [1.29, 1.82) is 0 Å². The highest BCUT2D eigenvalue weighted by atomic mass is 19.1. The van der Waals surface area contributed by atoms with Crippen LogP contribution in [0, 0.1) is 12.7 Å². The van der Waals surface area contributed by atoms with Crippen molar-refractivity contribution in [3.8, 4) is 5.75 Å². The van der Waals surface area contributed by atoms with Crippen molar-refractivity contribution < 1.29 is 13.9 Å². The van der Waals surface area contributed by atoms with Crippen LogP contribution >= 0.6 is 0 Å². The van der Waals surface area contributed by atoms with Gasteiger partial charge in [-0.3, -0.25) is 9.69 Å². The molecule has 0 bridgehead atoms. The van der Waals surface area contributed by atoms with E-state index in [2.05, 4.69) is 77.8 Å². The monoisotopic (exact) mass is 522 g/mol.